The Bertz CT molecular complexity index is 667. The van der Waals surface area contributed by atoms with E-state index in [2.05, 4.69) is 4.74 Å². The first-order chi connectivity index (χ1) is 10.1. The van der Waals surface area contributed by atoms with Crippen LogP contribution in [0.5, 0.6) is 5.75 Å². The molecule has 0 spiro atoms. The van der Waals surface area contributed by atoms with Crippen LogP contribution in [-0.4, -0.2) is 29.9 Å². The third-order valence-corrected chi connectivity index (χ3v) is 3.16. The third-order valence-electron chi connectivity index (χ3n) is 3.16. The highest BCUT2D eigenvalue weighted by molar-refractivity contribution is 5.91. The van der Waals surface area contributed by atoms with Crippen molar-refractivity contribution in [1.82, 2.24) is 0 Å². The van der Waals surface area contributed by atoms with E-state index in [1.54, 1.807) is 6.07 Å². The molecular formula is C16H15FO4. The Morgan fingerprint density at radius 1 is 1.19 bits per heavy atom. The average Bonchev–Trinajstić information content (AvgIpc) is 2.47. The predicted molar refractivity (Wildman–Crippen MR) is 75.6 cm³/mol. The number of hydrogen-bond donors (Lipinski definition) is 2. The Balaban J connectivity index is 2.49. The van der Waals surface area contributed by atoms with Gasteiger partial charge in [0.2, 0.25) is 0 Å². The van der Waals surface area contributed by atoms with E-state index in [9.17, 15) is 14.3 Å². The van der Waals surface area contributed by atoms with E-state index >= 15 is 0 Å². The molecule has 2 aromatic carbocycles. The number of aromatic hydroxyl groups is 1. The molecule has 0 fully saturated rings. The SMILES string of the molecule is COC(=O)c1ccc(-c2ccc(F)cc2CCO)c(O)c1. The summed E-state index contributed by atoms with van der Waals surface area (Å²) in [5.74, 6) is -1.07. The van der Waals surface area contributed by atoms with Crippen molar-refractivity contribution in [1.29, 1.82) is 0 Å². The topological polar surface area (TPSA) is 66.8 Å². The first kappa shape index (κ1) is 15.0. The van der Waals surface area contributed by atoms with Crippen LogP contribution >= 0.6 is 0 Å². The molecule has 2 aromatic rings. The number of halogens is 1. The first-order valence-electron chi connectivity index (χ1n) is 6.37. The molecule has 0 aliphatic carbocycles. The second-order valence-electron chi connectivity index (χ2n) is 4.50. The molecule has 0 aromatic heterocycles. The molecule has 2 rings (SSSR count). The number of benzene rings is 2. The number of hydrogen-bond acceptors (Lipinski definition) is 4. The van der Waals surface area contributed by atoms with Gasteiger partial charge in [-0.05, 0) is 47.9 Å². The van der Waals surface area contributed by atoms with Crippen LogP contribution in [0.15, 0.2) is 36.4 Å². The fraction of sp³-hybridized carbons (Fsp3) is 0.188. The zero-order valence-electron chi connectivity index (χ0n) is 11.5. The minimum Gasteiger partial charge on any atom is -0.507 e. The maximum Gasteiger partial charge on any atom is 0.337 e. The summed E-state index contributed by atoms with van der Waals surface area (Å²) in [6, 6.07) is 8.52. The van der Waals surface area contributed by atoms with Crippen molar-refractivity contribution < 1.29 is 24.1 Å². The Hall–Kier alpha value is -2.40. The van der Waals surface area contributed by atoms with Gasteiger partial charge in [-0.2, -0.15) is 0 Å². The van der Waals surface area contributed by atoms with Gasteiger partial charge < -0.3 is 14.9 Å². The molecule has 0 atom stereocenters. The van der Waals surface area contributed by atoms with Crippen molar-refractivity contribution in [2.24, 2.45) is 0 Å². The van der Waals surface area contributed by atoms with Crippen LogP contribution in [0.1, 0.15) is 15.9 Å². The maximum atomic E-state index is 13.3. The summed E-state index contributed by atoms with van der Waals surface area (Å²) in [6.45, 7) is -0.128. The lowest BCUT2D eigenvalue weighted by Crippen LogP contribution is -2.01. The van der Waals surface area contributed by atoms with Crippen LogP contribution in [0.25, 0.3) is 11.1 Å². The maximum absolute atomic E-state index is 13.3. The molecule has 5 heteroatoms. The second-order valence-corrected chi connectivity index (χ2v) is 4.50. The van der Waals surface area contributed by atoms with Crippen LogP contribution in [0, 0.1) is 5.82 Å². The molecule has 0 unspecified atom stereocenters. The number of carbonyl (C=O) groups is 1. The van der Waals surface area contributed by atoms with E-state index in [1.165, 1.54) is 37.4 Å². The lowest BCUT2D eigenvalue weighted by atomic mass is 9.96. The van der Waals surface area contributed by atoms with Gasteiger partial charge in [-0.3, -0.25) is 0 Å². The monoisotopic (exact) mass is 290 g/mol. The highest BCUT2D eigenvalue weighted by Gasteiger charge is 2.13. The zero-order valence-corrected chi connectivity index (χ0v) is 11.5. The molecule has 0 saturated heterocycles. The average molecular weight is 290 g/mol. The van der Waals surface area contributed by atoms with Crippen LogP contribution < -0.4 is 0 Å². The van der Waals surface area contributed by atoms with Crippen molar-refractivity contribution >= 4 is 5.97 Å². The Kier molecular flexibility index (Phi) is 4.55. The van der Waals surface area contributed by atoms with Crippen LogP contribution in [0.2, 0.25) is 0 Å². The summed E-state index contributed by atoms with van der Waals surface area (Å²) in [6.07, 6.45) is 0.269. The Labute approximate surface area is 121 Å². The fourth-order valence-electron chi connectivity index (χ4n) is 2.16. The van der Waals surface area contributed by atoms with Gasteiger partial charge in [-0.15, -0.1) is 0 Å². The van der Waals surface area contributed by atoms with Gasteiger partial charge in [0.15, 0.2) is 0 Å². The lowest BCUT2D eigenvalue weighted by molar-refractivity contribution is 0.0600. The number of carbonyl (C=O) groups excluding carboxylic acids is 1. The van der Waals surface area contributed by atoms with Gasteiger partial charge in [-0.25, -0.2) is 9.18 Å². The van der Waals surface area contributed by atoms with Gasteiger partial charge in [-0.1, -0.05) is 6.07 Å². The van der Waals surface area contributed by atoms with Gasteiger partial charge >= 0.3 is 5.97 Å². The number of methoxy groups -OCH3 is 1. The minimum atomic E-state index is -0.550. The van der Waals surface area contributed by atoms with Gasteiger partial charge in [0.25, 0.3) is 0 Å². The Morgan fingerprint density at radius 2 is 1.90 bits per heavy atom. The summed E-state index contributed by atoms with van der Waals surface area (Å²) in [5, 5.41) is 19.1. The number of rotatable bonds is 4. The van der Waals surface area contributed by atoms with Crippen molar-refractivity contribution in [2.45, 2.75) is 6.42 Å². The molecule has 21 heavy (non-hydrogen) atoms. The van der Waals surface area contributed by atoms with Gasteiger partial charge in [0.1, 0.15) is 11.6 Å². The molecule has 0 aliphatic rings. The summed E-state index contributed by atoms with van der Waals surface area (Å²) in [4.78, 5) is 11.4. The molecule has 0 amide bonds. The fourth-order valence-corrected chi connectivity index (χ4v) is 2.16. The Morgan fingerprint density at radius 3 is 2.52 bits per heavy atom. The molecule has 0 radical (unpaired) electrons. The van der Waals surface area contributed by atoms with E-state index < -0.39 is 11.8 Å². The van der Waals surface area contributed by atoms with E-state index in [0.29, 0.717) is 16.7 Å². The number of phenols is 1. The normalized spacial score (nSPS) is 10.4. The smallest absolute Gasteiger partial charge is 0.337 e. The first-order valence-corrected chi connectivity index (χ1v) is 6.37. The molecule has 0 heterocycles. The highest BCUT2D eigenvalue weighted by atomic mass is 19.1. The molecule has 4 nitrogen and oxygen atoms in total. The standard InChI is InChI=1S/C16H15FO4/c1-21-16(20)11-2-4-14(15(19)9-11)13-5-3-12(17)8-10(13)6-7-18/h2-5,8-9,18-19H,6-7H2,1H3. The molecule has 0 saturated carbocycles. The number of aliphatic hydroxyl groups is 1. The summed E-state index contributed by atoms with van der Waals surface area (Å²) in [7, 11) is 1.26. The van der Waals surface area contributed by atoms with E-state index in [4.69, 9.17) is 5.11 Å². The molecule has 2 N–H and O–H groups in total. The van der Waals surface area contributed by atoms with E-state index in [1.807, 2.05) is 0 Å². The summed E-state index contributed by atoms with van der Waals surface area (Å²) in [5.41, 5.74) is 1.88. The minimum absolute atomic E-state index is 0.108. The molecule has 110 valence electrons. The van der Waals surface area contributed by atoms with Gasteiger partial charge in [0.05, 0.1) is 12.7 Å². The number of aliphatic hydroxyl groups excluding tert-OH is 1. The molecule has 0 bridgehead atoms. The van der Waals surface area contributed by atoms with Crippen molar-refractivity contribution in [3.05, 3.63) is 53.3 Å². The van der Waals surface area contributed by atoms with Crippen LogP contribution in [0.4, 0.5) is 4.39 Å². The van der Waals surface area contributed by atoms with E-state index in [-0.39, 0.29) is 24.3 Å². The number of ether oxygens (including phenoxy) is 1. The van der Waals surface area contributed by atoms with Crippen molar-refractivity contribution in [2.75, 3.05) is 13.7 Å². The van der Waals surface area contributed by atoms with Crippen LogP contribution in [-0.2, 0) is 11.2 Å². The highest BCUT2D eigenvalue weighted by Crippen LogP contribution is 2.33. The number of esters is 1. The third kappa shape index (κ3) is 3.20. The molecule has 0 aliphatic heterocycles. The number of phenolic OH excluding ortho intramolecular Hbond substituents is 1. The van der Waals surface area contributed by atoms with Crippen molar-refractivity contribution in [3.63, 3.8) is 0 Å². The second kappa shape index (κ2) is 6.37. The van der Waals surface area contributed by atoms with E-state index in [0.717, 1.165) is 0 Å². The summed E-state index contributed by atoms with van der Waals surface area (Å²) < 4.78 is 17.9. The predicted octanol–water partition coefficient (Wildman–Crippen LogP) is 2.52. The van der Waals surface area contributed by atoms with Gasteiger partial charge in [0, 0.05) is 12.2 Å². The zero-order chi connectivity index (χ0) is 15.4. The van der Waals surface area contributed by atoms with Crippen molar-refractivity contribution in [3.8, 4) is 16.9 Å². The molecular weight excluding hydrogens is 275 g/mol. The largest absolute Gasteiger partial charge is 0.507 e. The lowest BCUT2D eigenvalue weighted by Gasteiger charge is -2.11. The quantitative estimate of drug-likeness (QED) is 0.849. The summed E-state index contributed by atoms with van der Waals surface area (Å²) >= 11 is 0. The van der Waals surface area contributed by atoms with Crippen LogP contribution in [0.3, 0.4) is 0 Å².